The van der Waals surface area contributed by atoms with Crippen LogP contribution in [0.4, 0.5) is 5.95 Å². The van der Waals surface area contributed by atoms with Crippen molar-refractivity contribution in [1.82, 2.24) is 19.5 Å². The molecule has 1 fully saturated rings. The number of anilines is 1. The van der Waals surface area contributed by atoms with Crippen LogP contribution in [0.2, 0.25) is 0 Å². The largest absolute Gasteiger partial charge is 0.490 e. The van der Waals surface area contributed by atoms with Crippen molar-refractivity contribution >= 4 is 40.6 Å². The fraction of sp³-hybridized carbons (Fsp3) is 0.450. The van der Waals surface area contributed by atoms with E-state index in [4.69, 9.17) is 24.8 Å². The summed E-state index contributed by atoms with van der Waals surface area (Å²) < 4.78 is 55.1. The average Bonchev–Trinajstić information content (AvgIpc) is 3.39. The van der Waals surface area contributed by atoms with E-state index in [1.54, 1.807) is 30.3 Å². The molecule has 226 valence electrons. The van der Waals surface area contributed by atoms with Crippen LogP contribution in [-0.2, 0) is 37.3 Å². The Kier molecular flexibility index (Phi) is 9.08. The van der Waals surface area contributed by atoms with E-state index < -0.39 is 59.5 Å². The highest BCUT2D eigenvalue weighted by Crippen LogP contribution is 2.66. The minimum absolute atomic E-state index is 0.0253. The molecule has 1 aliphatic heterocycles. The molecule has 41 heavy (non-hydrogen) atoms. The number of nitrogens with one attached hydrogen (secondary N) is 1. The Morgan fingerprint density at radius 2 is 1.80 bits per heavy atom. The van der Waals surface area contributed by atoms with Gasteiger partial charge in [0, 0.05) is 11.5 Å². The summed E-state index contributed by atoms with van der Waals surface area (Å²) in [5.74, 6) is -1.00. The number of aliphatic hydroxyl groups excluding tert-OH is 1. The second-order valence-electron chi connectivity index (χ2n) is 9.08. The summed E-state index contributed by atoms with van der Waals surface area (Å²) in [7, 11) is -16.9. The third-order valence-electron chi connectivity index (χ3n) is 6.28. The van der Waals surface area contributed by atoms with Gasteiger partial charge in [-0.05, 0) is 6.42 Å². The highest BCUT2D eigenvalue weighted by atomic mass is 31.3. The lowest BCUT2D eigenvalue weighted by Crippen LogP contribution is -2.42. The maximum atomic E-state index is 12.5. The first-order valence-electron chi connectivity index (χ1n) is 12.0. The van der Waals surface area contributed by atoms with Gasteiger partial charge in [-0.1, -0.05) is 50.1 Å². The molecule has 8 N–H and O–H groups in total. The maximum absolute atomic E-state index is 12.5. The summed E-state index contributed by atoms with van der Waals surface area (Å²) in [5.41, 5.74) is 4.00. The molecule has 4 rings (SSSR count). The molecule has 0 aliphatic carbocycles. The van der Waals surface area contributed by atoms with Crippen LogP contribution in [0, 0.1) is 5.92 Å². The number of H-pyrrole nitrogens is 1. The van der Waals surface area contributed by atoms with E-state index in [1.165, 1.54) is 10.9 Å². The molecule has 0 bridgehead atoms. The number of aromatic nitrogens is 4. The second kappa shape index (κ2) is 11.8. The molecule has 6 atom stereocenters. The van der Waals surface area contributed by atoms with Crippen LogP contribution >= 0.6 is 23.5 Å². The van der Waals surface area contributed by atoms with Crippen LogP contribution in [0.15, 0.2) is 41.5 Å². The first-order valence-corrected chi connectivity index (χ1v) is 16.5. The molecule has 18 nitrogen and oxygen atoms in total. The van der Waals surface area contributed by atoms with E-state index in [1.807, 2.05) is 6.92 Å². The number of nitrogen functional groups attached to an aromatic ring is 1. The minimum Gasteiger partial charge on any atom is -0.390 e. The number of hydrogen-bond donors (Lipinski definition) is 7. The molecule has 1 aromatic carbocycles. The number of phosphoric acid groups is 3. The van der Waals surface area contributed by atoms with Crippen molar-refractivity contribution in [3.05, 3.63) is 52.6 Å². The molecule has 0 saturated carbocycles. The van der Waals surface area contributed by atoms with E-state index in [2.05, 4.69) is 23.6 Å². The van der Waals surface area contributed by atoms with Gasteiger partial charge in [0.1, 0.15) is 6.10 Å². The SMILES string of the molecule is CCCC[C@@H]1[C@H](O)[C@@H](COP(=O)(O)OP(=O)(O)OP(=O)(O)O)O[C@@]1(c1ccccc1)n1cnc2c(=O)[nH]c(N)nc21. The monoisotopic (exact) mass is 639 g/mol. The Hall–Kier alpha value is -2.30. The number of phosphoric ester groups is 1. The molecular formula is C20H28N5O13P3. The molecule has 2 aromatic heterocycles. The highest BCUT2D eigenvalue weighted by Gasteiger charge is 2.57. The van der Waals surface area contributed by atoms with Gasteiger partial charge in [-0.2, -0.15) is 13.6 Å². The summed E-state index contributed by atoms with van der Waals surface area (Å²) in [6.07, 6.45) is 0.164. The number of aliphatic hydroxyl groups is 1. The topological polar surface area (TPSA) is 279 Å². The number of aromatic amines is 1. The smallest absolute Gasteiger partial charge is 0.390 e. The number of ether oxygens (including phenoxy) is 1. The zero-order chi connectivity index (χ0) is 30.2. The molecule has 0 spiro atoms. The molecule has 3 heterocycles. The van der Waals surface area contributed by atoms with Crippen LogP contribution in [0.25, 0.3) is 11.2 Å². The Labute approximate surface area is 231 Å². The molecule has 1 saturated heterocycles. The van der Waals surface area contributed by atoms with Gasteiger partial charge < -0.3 is 35.2 Å². The zero-order valence-corrected chi connectivity index (χ0v) is 24.0. The summed E-state index contributed by atoms with van der Waals surface area (Å²) in [4.78, 5) is 60.1. The van der Waals surface area contributed by atoms with Crippen molar-refractivity contribution < 1.29 is 56.3 Å². The first-order chi connectivity index (χ1) is 19.1. The van der Waals surface area contributed by atoms with Gasteiger partial charge in [0.25, 0.3) is 5.56 Å². The summed E-state index contributed by atoms with van der Waals surface area (Å²) in [6, 6.07) is 8.54. The lowest BCUT2D eigenvalue weighted by Gasteiger charge is -2.37. The van der Waals surface area contributed by atoms with Gasteiger partial charge in [-0.25, -0.2) is 18.7 Å². The fourth-order valence-electron chi connectivity index (χ4n) is 4.78. The average molecular weight is 639 g/mol. The number of unbranched alkanes of at least 4 members (excludes halogenated alkanes) is 1. The Morgan fingerprint density at radius 1 is 1.12 bits per heavy atom. The predicted molar refractivity (Wildman–Crippen MR) is 140 cm³/mol. The number of imidazole rings is 1. The molecule has 3 aromatic rings. The van der Waals surface area contributed by atoms with Crippen LogP contribution in [0.5, 0.6) is 0 Å². The first kappa shape index (κ1) is 31.6. The van der Waals surface area contributed by atoms with Gasteiger partial charge in [0.15, 0.2) is 16.9 Å². The van der Waals surface area contributed by atoms with Gasteiger partial charge in [0.2, 0.25) is 5.95 Å². The molecular weight excluding hydrogens is 611 g/mol. The van der Waals surface area contributed by atoms with Crippen LogP contribution in [-0.4, -0.2) is 63.0 Å². The Bertz CT molecular complexity index is 1590. The Morgan fingerprint density at radius 3 is 2.44 bits per heavy atom. The van der Waals surface area contributed by atoms with Crippen LogP contribution in [0.1, 0.15) is 31.7 Å². The van der Waals surface area contributed by atoms with Gasteiger partial charge in [-0.15, -0.1) is 0 Å². The van der Waals surface area contributed by atoms with Crippen molar-refractivity contribution in [2.24, 2.45) is 5.92 Å². The summed E-state index contributed by atoms with van der Waals surface area (Å²) in [6.45, 7) is 1.03. The van der Waals surface area contributed by atoms with Crippen molar-refractivity contribution in [1.29, 1.82) is 0 Å². The van der Waals surface area contributed by atoms with Crippen molar-refractivity contribution in [3.63, 3.8) is 0 Å². The highest BCUT2D eigenvalue weighted by molar-refractivity contribution is 7.66. The molecule has 2 unspecified atom stereocenters. The van der Waals surface area contributed by atoms with Crippen molar-refractivity contribution in [3.8, 4) is 0 Å². The standard InChI is InChI=1S/C20H28N5O13P3/c1-2-3-9-13-16(26)14(10-35-40(31,32)38-41(33,34)37-39(28,29)30)36-20(13,12-7-5-4-6-8-12)25-11-22-15-17(25)23-19(21)24-18(15)27/h4-8,11,13-14,16,26H,2-3,9-10H2,1H3,(H,31,32)(H,33,34)(H2,28,29,30)(H3,21,23,24,27)/t13-,14-,16+,20-/m1/s1. The number of nitrogens with zero attached hydrogens (tertiary/aromatic N) is 3. The number of rotatable bonds is 12. The van der Waals surface area contributed by atoms with E-state index in [-0.39, 0.29) is 17.1 Å². The van der Waals surface area contributed by atoms with E-state index in [9.17, 15) is 33.4 Å². The Balaban J connectivity index is 1.75. The van der Waals surface area contributed by atoms with E-state index >= 15 is 0 Å². The maximum Gasteiger partial charge on any atom is 0.490 e. The molecule has 0 radical (unpaired) electrons. The van der Waals surface area contributed by atoms with E-state index in [0.717, 1.165) is 6.42 Å². The van der Waals surface area contributed by atoms with E-state index in [0.29, 0.717) is 18.4 Å². The van der Waals surface area contributed by atoms with Gasteiger partial charge >= 0.3 is 23.5 Å². The zero-order valence-electron chi connectivity index (χ0n) is 21.3. The number of benzene rings is 1. The molecule has 0 amide bonds. The third-order valence-corrected chi connectivity index (χ3v) is 10.1. The number of fused-ring (bicyclic) bond motifs is 1. The predicted octanol–water partition coefficient (Wildman–Crippen LogP) is 1.31. The summed E-state index contributed by atoms with van der Waals surface area (Å²) in [5, 5.41) is 11.4. The number of nitrogens with two attached hydrogens (primary N) is 1. The fourth-order valence-corrected chi connectivity index (χ4v) is 7.81. The third kappa shape index (κ3) is 6.86. The lowest BCUT2D eigenvalue weighted by molar-refractivity contribution is -0.0992. The van der Waals surface area contributed by atoms with Crippen LogP contribution in [0.3, 0.4) is 0 Å². The van der Waals surface area contributed by atoms with Crippen molar-refractivity contribution in [2.45, 2.75) is 44.1 Å². The van der Waals surface area contributed by atoms with Crippen LogP contribution < -0.4 is 11.3 Å². The van der Waals surface area contributed by atoms with Crippen molar-refractivity contribution in [2.75, 3.05) is 12.3 Å². The number of hydrogen-bond acceptors (Lipinski definition) is 12. The summed E-state index contributed by atoms with van der Waals surface area (Å²) >= 11 is 0. The minimum atomic E-state index is -5.76. The lowest BCUT2D eigenvalue weighted by atomic mass is 9.82. The van der Waals surface area contributed by atoms with Gasteiger partial charge in [0.05, 0.1) is 19.0 Å². The second-order valence-corrected chi connectivity index (χ2v) is 13.5. The molecule has 21 heteroatoms. The quantitative estimate of drug-likeness (QED) is 0.138. The molecule has 1 aliphatic rings. The normalized spacial score (nSPS) is 26.1. The van der Waals surface area contributed by atoms with Gasteiger partial charge in [-0.3, -0.25) is 18.9 Å².